The van der Waals surface area contributed by atoms with E-state index in [4.69, 9.17) is 11.5 Å². The van der Waals surface area contributed by atoms with Gasteiger partial charge >= 0.3 is 5.97 Å². The smallest absolute Gasteiger partial charge is 0.323 e. The first kappa shape index (κ1) is 24.4. The first-order valence-electron chi connectivity index (χ1n) is 10.5. The van der Waals surface area contributed by atoms with Gasteiger partial charge in [-0.1, -0.05) is 77.6 Å². The molecule has 0 spiro atoms. The van der Waals surface area contributed by atoms with Crippen LogP contribution < -0.4 is 16.8 Å². The first-order valence-corrected chi connectivity index (χ1v) is 10.5. The summed E-state index contributed by atoms with van der Waals surface area (Å²) in [5.74, 6) is -0.831. The van der Waals surface area contributed by atoms with Gasteiger partial charge in [0.2, 0.25) is 0 Å². The molecule has 0 rings (SSSR count). The number of nitrogens with two attached hydrogens (primary N) is 2. The molecule has 5 heteroatoms. The Kier molecular flexibility index (Phi) is 16.4. The van der Waals surface area contributed by atoms with Crippen molar-refractivity contribution in [3.63, 3.8) is 0 Å². The van der Waals surface area contributed by atoms with Gasteiger partial charge in [0, 0.05) is 0 Å². The lowest BCUT2D eigenvalue weighted by Crippen LogP contribution is -2.54. The van der Waals surface area contributed by atoms with E-state index >= 15 is 0 Å². The zero-order valence-corrected chi connectivity index (χ0v) is 16.5. The van der Waals surface area contributed by atoms with Gasteiger partial charge in [-0.2, -0.15) is 0 Å². The van der Waals surface area contributed by atoms with Crippen molar-refractivity contribution in [2.24, 2.45) is 11.5 Å². The average Bonchev–Trinajstić information content (AvgIpc) is 2.59. The van der Waals surface area contributed by atoms with Crippen LogP contribution in [0.1, 0.15) is 96.8 Å². The van der Waals surface area contributed by atoms with Crippen LogP contribution in [0.5, 0.6) is 0 Å². The fourth-order valence-electron chi connectivity index (χ4n) is 3.38. The Morgan fingerprint density at radius 3 is 1.56 bits per heavy atom. The summed E-state index contributed by atoms with van der Waals surface area (Å²) in [7, 11) is 0. The SMILES string of the molecule is CCCCCCCCCCCCCCNC(CCN)(CCN)C(=O)O. The molecule has 0 aromatic heterocycles. The van der Waals surface area contributed by atoms with Crippen LogP contribution in [0.3, 0.4) is 0 Å². The molecule has 0 radical (unpaired) electrons. The van der Waals surface area contributed by atoms with Gasteiger partial charge in [0.1, 0.15) is 5.54 Å². The predicted octanol–water partition coefficient (Wildman–Crippen LogP) is 3.80. The van der Waals surface area contributed by atoms with E-state index in [-0.39, 0.29) is 0 Å². The highest BCUT2D eigenvalue weighted by Crippen LogP contribution is 2.16. The van der Waals surface area contributed by atoms with E-state index < -0.39 is 11.5 Å². The van der Waals surface area contributed by atoms with Crippen LogP contribution in [0.2, 0.25) is 0 Å². The Bertz CT molecular complexity index is 305. The number of unbranched alkanes of at least 4 members (excludes halogenated alkanes) is 11. The maximum Gasteiger partial charge on any atom is 0.323 e. The van der Waals surface area contributed by atoms with Crippen molar-refractivity contribution in [1.29, 1.82) is 0 Å². The topological polar surface area (TPSA) is 101 Å². The Hall–Kier alpha value is -0.650. The Balaban J connectivity index is 3.62. The summed E-state index contributed by atoms with van der Waals surface area (Å²) in [6.45, 7) is 3.70. The molecule has 5 nitrogen and oxygen atoms in total. The van der Waals surface area contributed by atoms with Crippen LogP contribution in [-0.2, 0) is 4.79 Å². The van der Waals surface area contributed by atoms with Crippen molar-refractivity contribution in [2.75, 3.05) is 19.6 Å². The van der Waals surface area contributed by atoms with Gasteiger partial charge in [0.15, 0.2) is 0 Å². The van der Waals surface area contributed by atoms with Gasteiger partial charge in [-0.3, -0.25) is 4.79 Å². The van der Waals surface area contributed by atoms with E-state index in [2.05, 4.69) is 12.2 Å². The van der Waals surface area contributed by atoms with Crippen LogP contribution in [0, 0.1) is 0 Å². The minimum Gasteiger partial charge on any atom is -0.480 e. The molecular formula is C20H43N3O2. The van der Waals surface area contributed by atoms with E-state index in [0.29, 0.717) is 25.9 Å². The standard InChI is InChI=1S/C20H43N3O2/c1-2-3-4-5-6-7-8-9-10-11-12-13-18-23-20(14-16-21,15-17-22)19(24)25/h23H,2-18,21-22H2,1H3,(H,24,25). The highest BCUT2D eigenvalue weighted by molar-refractivity contribution is 5.78. The third-order valence-corrected chi connectivity index (χ3v) is 5.05. The summed E-state index contributed by atoms with van der Waals surface area (Å²) in [6, 6.07) is 0. The van der Waals surface area contributed by atoms with Gasteiger partial charge in [0.05, 0.1) is 0 Å². The Labute approximate surface area is 155 Å². The first-order chi connectivity index (χ1) is 12.1. The number of hydrogen-bond donors (Lipinski definition) is 4. The molecule has 0 aromatic rings. The van der Waals surface area contributed by atoms with Gasteiger partial charge < -0.3 is 21.9 Å². The summed E-state index contributed by atoms with van der Waals surface area (Å²) in [5.41, 5.74) is 10.2. The van der Waals surface area contributed by atoms with Crippen LogP contribution in [-0.4, -0.2) is 36.2 Å². The summed E-state index contributed by atoms with van der Waals surface area (Å²) in [6.07, 6.45) is 16.5. The average molecular weight is 358 g/mol. The highest BCUT2D eigenvalue weighted by atomic mass is 16.4. The van der Waals surface area contributed by atoms with Crippen LogP contribution in [0.25, 0.3) is 0 Å². The molecule has 0 bridgehead atoms. The van der Waals surface area contributed by atoms with E-state index in [9.17, 15) is 9.90 Å². The summed E-state index contributed by atoms with van der Waals surface area (Å²) < 4.78 is 0. The second-order valence-corrected chi connectivity index (χ2v) is 7.28. The molecule has 0 amide bonds. The number of nitrogens with one attached hydrogen (secondary N) is 1. The molecule has 0 heterocycles. The lowest BCUT2D eigenvalue weighted by molar-refractivity contribution is -0.145. The summed E-state index contributed by atoms with van der Waals surface area (Å²) in [5, 5.41) is 12.7. The van der Waals surface area contributed by atoms with Gasteiger partial charge in [0.25, 0.3) is 0 Å². The molecule has 0 saturated heterocycles. The molecule has 0 fully saturated rings. The quantitative estimate of drug-likeness (QED) is 0.263. The zero-order valence-electron chi connectivity index (χ0n) is 16.5. The van der Waals surface area contributed by atoms with Crippen molar-refractivity contribution < 1.29 is 9.90 Å². The number of carbonyl (C=O) groups is 1. The molecule has 0 aliphatic rings. The maximum absolute atomic E-state index is 11.6. The highest BCUT2D eigenvalue weighted by Gasteiger charge is 2.36. The molecule has 25 heavy (non-hydrogen) atoms. The fourth-order valence-corrected chi connectivity index (χ4v) is 3.38. The van der Waals surface area contributed by atoms with E-state index in [1.165, 1.54) is 64.2 Å². The number of aliphatic carboxylic acids is 1. The number of hydrogen-bond acceptors (Lipinski definition) is 4. The molecule has 0 aromatic carbocycles. The third kappa shape index (κ3) is 12.4. The van der Waals surface area contributed by atoms with Crippen LogP contribution in [0.15, 0.2) is 0 Å². The monoisotopic (exact) mass is 357 g/mol. The van der Waals surface area contributed by atoms with Gasteiger partial charge in [-0.05, 0) is 38.9 Å². The summed E-state index contributed by atoms with van der Waals surface area (Å²) >= 11 is 0. The number of carboxylic acid groups (broad SMARTS) is 1. The number of rotatable bonds is 19. The molecule has 0 aliphatic carbocycles. The molecular weight excluding hydrogens is 314 g/mol. The van der Waals surface area contributed by atoms with Gasteiger partial charge in [-0.15, -0.1) is 0 Å². The third-order valence-electron chi connectivity index (χ3n) is 5.05. The fraction of sp³-hybridized carbons (Fsp3) is 0.950. The van der Waals surface area contributed by atoms with Crippen molar-refractivity contribution in [3.05, 3.63) is 0 Å². The van der Waals surface area contributed by atoms with Crippen LogP contribution in [0.4, 0.5) is 0 Å². The lowest BCUT2D eigenvalue weighted by atomic mass is 9.91. The van der Waals surface area contributed by atoms with E-state index in [1.807, 2.05) is 0 Å². The maximum atomic E-state index is 11.6. The van der Waals surface area contributed by atoms with E-state index in [1.54, 1.807) is 0 Å². The zero-order chi connectivity index (χ0) is 18.8. The van der Waals surface area contributed by atoms with Crippen molar-refractivity contribution in [3.8, 4) is 0 Å². The molecule has 0 saturated carbocycles. The van der Waals surface area contributed by atoms with Gasteiger partial charge in [-0.25, -0.2) is 0 Å². The Morgan fingerprint density at radius 1 is 0.800 bits per heavy atom. The second-order valence-electron chi connectivity index (χ2n) is 7.28. The Morgan fingerprint density at radius 2 is 1.20 bits per heavy atom. The minimum atomic E-state index is -0.943. The molecule has 0 aliphatic heterocycles. The lowest BCUT2D eigenvalue weighted by Gasteiger charge is -2.30. The largest absolute Gasteiger partial charge is 0.480 e. The summed E-state index contributed by atoms with van der Waals surface area (Å²) in [4.78, 5) is 11.6. The van der Waals surface area contributed by atoms with Crippen molar-refractivity contribution in [1.82, 2.24) is 5.32 Å². The van der Waals surface area contributed by atoms with Crippen LogP contribution >= 0.6 is 0 Å². The normalized spacial score (nSPS) is 11.8. The molecule has 0 atom stereocenters. The predicted molar refractivity (Wildman–Crippen MR) is 107 cm³/mol. The molecule has 150 valence electrons. The van der Waals surface area contributed by atoms with E-state index in [0.717, 1.165) is 19.4 Å². The molecule has 6 N–H and O–H groups in total. The van der Waals surface area contributed by atoms with Crippen molar-refractivity contribution in [2.45, 2.75) is 102 Å². The minimum absolute atomic E-state index is 0.359. The second kappa shape index (κ2) is 16.8. The van der Waals surface area contributed by atoms with Crippen molar-refractivity contribution >= 4 is 5.97 Å². The molecule has 0 unspecified atom stereocenters. The number of carboxylic acids is 1.